The maximum Gasteiger partial charge on any atom is 0.0736 e. The van der Waals surface area contributed by atoms with Gasteiger partial charge >= 0.3 is 0 Å². The largest absolute Gasteiger partial charge is 0.399 e. The second-order valence-corrected chi connectivity index (χ2v) is 3.72. The molecule has 0 spiro atoms. The molecular formula is C12H20N2O. The molecule has 0 aliphatic heterocycles. The van der Waals surface area contributed by atoms with Crippen molar-refractivity contribution in [1.29, 1.82) is 0 Å². The molecule has 0 aliphatic rings. The summed E-state index contributed by atoms with van der Waals surface area (Å²) in [5.74, 6) is 0. The fourth-order valence-corrected chi connectivity index (χ4v) is 1.38. The molecule has 0 saturated carbocycles. The first-order valence-electron chi connectivity index (χ1n) is 5.45. The van der Waals surface area contributed by atoms with E-state index in [1.54, 1.807) is 6.07 Å². The Morgan fingerprint density at radius 3 is 2.67 bits per heavy atom. The molecule has 0 amide bonds. The van der Waals surface area contributed by atoms with Gasteiger partial charge in [-0.2, -0.15) is 0 Å². The summed E-state index contributed by atoms with van der Waals surface area (Å²) in [7, 11) is 0. The van der Waals surface area contributed by atoms with E-state index >= 15 is 0 Å². The average Bonchev–Trinajstić information content (AvgIpc) is 2.20. The van der Waals surface area contributed by atoms with Crippen molar-refractivity contribution in [3.63, 3.8) is 0 Å². The Hall–Kier alpha value is -1.22. The molecule has 1 rings (SSSR count). The number of hydrogen-bond donors (Lipinski definition) is 2. The van der Waals surface area contributed by atoms with E-state index in [2.05, 4.69) is 6.92 Å². The Morgan fingerprint density at radius 1 is 1.20 bits per heavy atom. The van der Waals surface area contributed by atoms with Gasteiger partial charge in [0.1, 0.15) is 0 Å². The molecular weight excluding hydrogens is 188 g/mol. The minimum atomic E-state index is 0.579. The van der Waals surface area contributed by atoms with Crippen molar-refractivity contribution in [3.8, 4) is 0 Å². The van der Waals surface area contributed by atoms with Crippen molar-refractivity contribution in [2.24, 2.45) is 0 Å². The number of nitrogens with two attached hydrogens (primary N) is 2. The summed E-state index contributed by atoms with van der Waals surface area (Å²) in [5.41, 5.74) is 13.8. The number of rotatable bonds is 6. The Morgan fingerprint density at radius 2 is 2.00 bits per heavy atom. The molecule has 0 aromatic heterocycles. The lowest BCUT2D eigenvalue weighted by Gasteiger charge is -2.07. The van der Waals surface area contributed by atoms with E-state index in [0.29, 0.717) is 18.0 Å². The first-order chi connectivity index (χ1) is 7.24. The Labute approximate surface area is 91.4 Å². The molecule has 3 nitrogen and oxygen atoms in total. The number of ether oxygens (including phenoxy) is 1. The summed E-state index contributed by atoms with van der Waals surface area (Å²) in [6, 6.07) is 5.54. The maximum absolute atomic E-state index is 5.80. The topological polar surface area (TPSA) is 61.3 Å². The summed E-state index contributed by atoms with van der Waals surface area (Å²) >= 11 is 0. The van der Waals surface area contributed by atoms with Gasteiger partial charge in [-0.3, -0.25) is 0 Å². The molecule has 0 fully saturated rings. The van der Waals surface area contributed by atoms with Gasteiger partial charge in [0.15, 0.2) is 0 Å². The van der Waals surface area contributed by atoms with E-state index in [4.69, 9.17) is 16.2 Å². The van der Waals surface area contributed by atoms with Crippen LogP contribution in [0.3, 0.4) is 0 Å². The van der Waals surface area contributed by atoms with Gasteiger partial charge in [-0.15, -0.1) is 0 Å². The fourth-order valence-electron chi connectivity index (χ4n) is 1.38. The quantitative estimate of drug-likeness (QED) is 0.558. The van der Waals surface area contributed by atoms with Gasteiger partial charge in [-0.1, -0.05) is 25.8 Å². The third-order valence-electron chi connectivity index (χ3n) is 2.32. The van der Waals surface area contributed by atoms with Crippen LogP contribution in [0, 0.1) is 0 Å². The third kappa shape index (κ3) is 4.21. The molecule has 3 heteroatoms. The third-order valence-corrected chi connectivity index (χ3v) is 2.32. The lowest BCUT2D eigenvalue weighted by molar-refractivity contribution is 0.117. The Balaban J connectivity index is 2.31. The van der Waals surface area contributed by atoms with Crippen LogP contribution in [0.1, 0.15) is 31.7 Å². The van der Waals surface area contributed by atoms with Crippen LogP contribution in [0.25, 0.3) is 0 Å². The summed E-state index contributed by atoms with van der Waals surface area (Å²) < 4.78 is 5.52. The highest BCUT2D eigenvalue weighted by Crippen LogP contribution is 2.16. The molecule has 0 atom stereocenters. The van der Waals surface area contributed by atoms with Crippen LogP contribution in [0.4, 0.5) is 11.4 Å². The normalized spacial score (nSPS) is 10.5. The predicted octanol–water partition coefficient (Wildman–Crippen LogP) is 2.56. The summed E-state index contributed by atoms with van der Waals surface area (Å²) in [6.07, 6.45) is 3.55. The Kier molecular flexibility index (Phi) is 4.98. The van der Waals surface area contributed by atoms with E-state index in [1.165, 1.54) is 12.8 Å². The van der Waals surface area contributed by atoms with Crippen LogP contribution in [0.2, 0.25) is 0 Å². The zero-order valence-electron chi connectivity index (χ0n) is 9.33. The standard InChI is InChI=1S/C12H20N2O/c1-2-3-4-7-15-9-10-5-6-11(13)8-12(10)14/h5-6,8H,2-4,7,9,13-14H2,1H3. The zero-order valence-corrected chi connectivity index (χ0v) is 9.33. The fraction of sp³-hybridized carbons (Fsp3) is 0.500. The van der Waals surface area contributed by atoms with E-state index in [0.717, 1.165) is 18.6 Å². The number of anilines is 2. The highest BCUT2D eigenvalue weighted by Gasteiger charge is 1.99. The smallest absolute Gasteiger partial charge is 0.0736 e. The molecule has 15 heavy (non-hydrogen) atoms. The van der Waals surface area contributed by atoms with Crippen molar-refractivity contribution in [3.05, 3.63) is 23.8 Å². The predicted molar refractivity (Wildman–Crippen MR) is 64.4 cm³/mol. The molecule has 0 unspecified atom stereocenters. The van der Waals surface area contributed by atoms with E-state index < -0.39 is 0 Å². The molecule has 0 aliphatic carbocycles. The minimum Gasteiger partial charge on any atom is -0.399 e. The molecule has 0 heterocycles. The van der Waals surface area contributed by atoms with Crippen LogP contribution in [-0.2, 0) is 11.3 Å². The number of hydrogen-bond acceptors (Lipinski definition) is 3. The van der Waals surface area contributed by atoms with Crippen LogP contribution in [-0.4, -0.2) is 6.61 Å². The number of nitrogen functional groups attached to an aromatic ring is 2. The van der Waals surface area contributed by atoms with Crippen molar-refractivity contribution < 1.29 is 4.74 Å². The van der Waals surface area contributed by atoms with Crippen LogP contribution < -0.4 is 11.5 Å². The molecule has 0 saturated heterocycles. The lowest BCUT2D eigenvalue weighted by Crippen LogP contribution is -2.00. The zero-order chi connectivity index (χ0) is 11.1. The highest BCUT2D eigenvalue weighted by molar-refractivity contribution is 5.56. The van der Waals surface area contributed by atoms with Gasteiger partial charge in [0, 0.05) is 23.5 Å². The second-order valence-electron chi connectivity index (χ2n) is 3.72. The summed E-state index contributed by atoms with van der Waals surface area (Å²) in [4.78, 5) is 0. The Bertz CT molecular complexity index is 300. The SMILES string of the molecule is CCCCCOCc1ccc(N)cc1N. The van der Waals surface area contributed by atoms with E-state index in [-0.39, 0.29) is 0 Å². The highest BCUT2D eigenvalue weighted by atomic mass is 16.5. The minimum absolute atomic E-state index is 0.579. The van der Waals surface area contributed by atoms with Crippen molar-refractivity contribution >= 4 is 11.4 Å². The second kappa shape index (κ2) is 6.30. The van der Waals surface area contributed by atoms with Gasteiger partial charge in [0.25, 0.3) is 0 Å². The molecule has 1 aromatic carbocycles. The van der Waals surface area contributed by atoms with Gasteiger partial charge in [-0.05, 0) is 18.6 Å². The number of unbranched alkanes of at least 4 members (excludes halogenated alkanes) is 2. The van der Waals surface area contributed by atoms with Crippen molar-refractivity contribution in [2.75, 3.05) is 18.1 Å². The molecule has 1 aromatic rings. The molecule has 4 N–H and O–H groups in total. The van der Waals surface area contributed by atoms with E-state index in [9.17, 15) is 0 Å². The van der Waals surface area contributed by atoms with Crippen LogP contribution >= 0.6 is 0 Å². The molecule has 0 bridgehead atoms. The average molecular weight is 208 g/mol. The van der Waals surface area contributed by atoms with Gasteiger partial charge in [0.05, 0.1) is 6.61 Å². The van der Waals surface area contributed by atoms with Crippen molar-refractivity contribution in [1.82, 2.24) is 0 Å². The molecule has 84 valence electrons. The lowest BCUT2D eigenvalue weighted by atomic mass is 10.2. The van der Waals surface area contributed by atoms with Gasteiger partial charge in [0.2, 0.25) is 0 Å². The van der Waals surface area contributed by atoms with Gasteiger partial charge in [-0.25, -0.2) is 0 Å². The molecule has 0 radical (unpaired) electrons. The number of benzene rings is 1. The van der Waals surface area contributed by atoms with Crippen molar-refractivity contribution in [2.45, 2.75) is 32.8 Å². The first kappa shape index (κ1) is 11.9. The first-order valence-corrected chi connectivity index (χ1v) is 5.45. The van der Waals surface area contributed by atoms with E-state index in [1.807, 2.05) is 12.1 Å². The summed E-state index contributed by atoms with van der Waals surface area (Å²) in [6.45, 7) is 3.56. The monoisotopic (exact) mass is 208 g/mol. The maximum atomic E-state index is 5.80. The van der Waals surface area contributed by atoms with Crippen LogP contribution in [0.5, 0.6) is 0 Å². The summed E-state index contributed by atoms with van der Waals surface area (Å²) in [5, 5.41) is 0. The van der Waals surface area contributed by atoms with Crippen LogP contribution in [0.15, 0.2) is 18.2 Å². The van der Waals surface area contributed by atoms with Gasteiger partial charge < -0.3 is 16.2 Å².